The van der Waals surface area contributed by atoms with Crippen molar-refractivity contribution in [3.05, 3.63) is 51.7 Å². The fraction of sp³-hybridized carbons (Fsp3) is 0.211. The van der Waals surface area contributed by atoms with E-state index in [1.165, 1.54) is 0 Å². The van der Waals surface area contributed by atoms with Crippen molar-refractivity contribution >= 4 is 67.2 Å². The number of hydrogen-bond acceptors (Lipinski definition) is 5. The van der Waals surface area contributed by atoms with Gasteiger partial charge in [-0.05, 0) is 43.2 Å². The van der Waals surface area contributed by atoms with E-state index in [1.54, 1.807) is 29.8 Å². The van der Waals surface area contributed by atoms with Crippen LogP contribution < -0.4 is 5.32 Å². The van der Waals surface area contributed by atoms with E-state index < -0.39 is 0 Å². The number of aromatic nitrogens is 3. The smallest absolute Gasteiger partial charge is 0.143 e. The molecular weight excluding hydrogens is 387 g/mol. The first kappa shape index (κ1) is 17.5. The number of fused-ring (bicyclic) bond motifs is 3. The molecule has 26 heavy (non-hydrogen) atoms. The number of anilines is 2. The summed E-state index contributed by atoms with van der Waals surface area (Å²) in [6.07, 6.45) is 4.84. The second-order valence-electron chi connectivity index (χ2n) is 5.99. The first-order valence-corrected chi connectivity index (χ1v) is 9.98. The molecule has 4 rings (SSSR count). The van der Waals surface area contributed by atoms with Crippen molar-refractivity contribution in [3.63, 3.8) is 0 Å². The Morgan fingerprint density at radius 1 is 1.08 bits per heavy atom. The van der Waals surface area contributed by atoms with Crippen LogP contribution in [0.25, 0.3) is 21.1 Å². The number of unbranched alkanes of at least 4 members (excludes halogenated alkanes) is 1. The molecule has 0 spiro atoms. The van der Waals surface area contributed by atoms with E-state index in [4.69, 9.17) is 28.2 Å². The highest BCUT2D eigenvalue weighted by molar-refractivity contribution is 7.19. The largest absolute Gasteiger partial charge is 0.338 e. The van der Waals surface area contributed by atoms with Crippen molar-refractivity contribution in [1.29, 1.82) is 0 Å². The van der Waals surface area contributed by atoms with Gasteiger partial charge < -0.3 is 5.32 Å². The predicted octanol–water partition coefficient (Wildman–Crippen LogP) is 6.63. The predicted molar refractivity (Wildman–Crippen MR) is 111 cm³/mol. The molecule has 0 saturated heterocycles. The molecule has 0 amide bonds. The van der Waals surface area contributed by atoms with Crippen LogP contribution in [0.4, 0.5) is 11.5 Å². The molecule has 0 saturated carbocycles. The molecule has 2 aromatic carbocycles. The molecule has 0 atom stereocenters. The first-order chi connectivity index (χ1) is 12.7. The molecule has 132 valence electrons. The van der Waals surface area contributed by atoms with Crippen LogP contribution in [0.5, 0.6) is 0 Å². The summed E-state index contributed by atoms with van der Waals surface area (Å²) in [5, 5.41) is 6.58. The van der Waals surface area contributed by atoms with Crippen molar-refractivity contribution in [2.24, 2.45) is 0 Å². The molecule has 0 bridgehead atoms. The number of hydrogen-bond donors (Lipinski definition) is 1. The van der Waals surface area contributed by atoms with Gasteiger partial charge in [0.05, 0.1) is 36.8 Å². The van der Waals surface area contributed by atoms with Crippen LogP contribution >= 0.6 is 34.5 Å². The average molecular weight is 403 g/mol. The van der Waals surface area contributed by atoms with E-state index >= 15 is 0 Å². The maximum absolute atomic E-state index is 6.31. The van der Waals surface area contributed by atoms with Crippen LogP contribution in [-0.2, 0) is 6.42 Å². The van der Waals surface area contributed by atoms with Gasteiger partial charge in [-0.3, -0.25) is 0 Å². The minimum atomic E-state index is 0.546. The zero-order chi connectivity index (χ0) is 18.1. The van der Waals surface area contributed by atoms with Crippen LogP contribution in [0, 0.1) is 0 Å². The Morgan fingerprint density at radius 3 is 2.73 bits per heavy atom. The number of aryl methyl sites for hydroxylation is 1. The van der Waals surface area contributed by atoms with Crippen molar-refractivity contribution in [1.82, 2.24) is 15.0 Å². The maximum Gasteiger partial charge on any atom is 0.143 e. The quantitative estimate of drug-likeness (QED) is 0.406. The van der Waals surface area contributed by atoms with Gasteiger partial charge >= 0.3 is 0 Å². The molecule has 0 radical (unpaired) electrons. The zero-order valence-electron chi connectivity index (χ0n) is 14.1. The SMILES string of the molecule is CCCCc1nc2ccc3ncnc(Nc4ccc(Cl)cc4Cl)c3c2s1. The molecule has 2 heterocycles. The molecule has 0 unspecified atom stereocenters. The molecule has 0 fully saturated rings. The minimum absolute atomic E-state index is 0.546. The van der Waals surface area contributed by atoms with Gasteiger partial charge in [0.2, 0.25) is 0 Å². The number of thiazole rings is 1. The summed E-state index contributed by atoms with van der Waals surface area (Å²) in [6, 6.07) is 9.36. The van der Waals surface area contributed by atoms with Crippen molar-refractivity contribution in [2.75, 3.05) is 5.32 Å². The lowest BCUT2D eigenvalue weighted by molar-refractivity contribution is 0.791. The Kier molecular flexibility index (Phi) is 4.94. The highest BCUT2D eigenvalue weighted by Gasteiger charge is 2.14. The molecule has 2 aromatic heterocycles. The van der Waals surface area contributed by atoms with Crippen molar-refractivity contribution in [2.45, 2.75) is 26.2 Å². The molecule has 0 aliphatic heterocycles. The molecule has 4 nitrogen and oxygen atoms in total. The number of nitrogens with one attached hydrogen (secondary N) is 1. The highest BCUT2D eigenvalue weighted by atomic mass is 35.5. The maximum atomic E-state index is 6.31. The minimum Gasteiger partial charge on any atom is -0.338 e. The van der Waals surface area contributed by atoms with Crippen LogP contribution in [0.3, 0.4) is 0 Å². The van der Waals surface area contributed by atoms with E-state index in [2.05, 4.69) is 22.2 Å². The summed E-state index contributed by atoms with van der Waals surface area (Å²) in [6.45, 7) is 2.19. The second-order valence-corrected chi connectivity index (χ2v) is 7.92. The lowest BCUT2D eigenvalue weighted by Gasteiger charge is -2.10. The lowest BCUT2D eigenvalue weighted by atomic mass is 10.2. The normalized spacial score (nSPS) is 11.3. The Balaban J connectivity index is 1.84. The summed E-state index contributed by atoms with van der Waals surface area (Å²) in [5.41, 5.74) is 2.61. The summed E-state index contributed by atoms with van der Waals surface area (Å²) in [7, 11) is 0. The topological polar surface area (TPSA) is 50.7 Å². The first-order valence-electron chi connectivity index (χ1n) is 8.41. The van der Waals surface area contributed by atoms with Gasteiger partial charge in [-0.15, -0.1) is 11.3 Å². The third-order valence-electron chi connectivity index (χ3n) is 4.13. The monoisotopic (exact) mass is 402 g/mol. The Morgan fingerprint density at radius 2 is 1.92 bits per heavy atom. The third-order valence-corrected chi connectivity index (χ3v) is 5.83. The third kappa shape index (κ3) is 3.34. The Bertz CT molecular complexity index is 1090. The molecule has 1 N–H and O–H groups in total. The van der Waals surface area contributed by atoms with Crippen LogP contribution in [0.15, 0.2) is 36.7 Å². The van der Waals surface area contributed by atoms with E-state index in [-0.39, 0.29) is 0 Å². The highest BCUT2D eigenvalue weighted by Crippen LogP contribution is 2.36. The summed E-state index contributed by atoms with van der Waals surface area (Å²) in [4.78, 5) is 13.6. The molecule has 4 aromatic rings. The Labute approximate surface area is 165 Å². The van der Waals surface area contributed by atoms with E-state index in [0.29, 0.717) is 10.0 Å². The van der Waals surface area contributed by atoms with E-state index in [9.17, 15) is 0 Å². The second kappa shape index (κ2) is 7.35. The number of halogens is 2. The molecule has 0 aliphatic carbocycles. The van der Waals surface area contributed by atoms with E-state index in [0.717, 1.165) is 56.9 Å². The standard InChI is InChI=1S/C19H16Cl2N4S/c1-2-3-4-16-24-15-8-7-14-17(18(15)26-16)19(23-10-22-14)25-13-6-5-11(20)9-12(13)21/h5-10H,2-4H2,1H3,(H,22,23,25). The van der Waals surface area contributed by atoms with Gasteiger partial charge in [0.25, 0.3) is 0 Å². The van der Waals surface area contributed by atoms with Crippen LogP contribution in [0.1, 0.15) is 24.8 Å². The summed E-state index contributed by atoms with van der Waals surface area (Å²) < 4.78 is 1.10. The number of nitrogens with zero attached hydrogens (tertiary/aromatic N) is 3. The molecule has 0 aliphatic rings. The van der Waals surface area contributed by atoms with Crippen LogP contribution in [0.2, 0.25) is 10.0 Å². The van der Waals surface area contributed by atoms with Crippen molar-refractivity contribution in [3.8, 4) is 0 Å². The Hall–Kier alpha value is -1.95. The van der Waals surface area contributed by atoms with E-state index in [1.807, 2.05) is 18.2 Å². The van der Waals surface area contributed by atoms with Gasteiger partial charge in [0.1, 0.15) is 12.1 Å². The summed E-state index contributed by atoms with van der Waals surface area (Å²) in [5.74, 6) is 0.718. The van der Waals surface area contributed by atoms with Gasteiger partial charge in [-0.1, -0.05) is 36.5 Å². The van der Waals surface area contributed by atoms with Crippen LogP contribution in [-0.4, -0.2) is 15.0 Å². The fourth-order valence-electron chi connectivity index (χ4n) is 2.83. The zero-order valence-corrected chi connectivity index (χ0v) is 16.4. The number of benzene rings is 2. The number of rotatable bonds is 5. The van der Waals surface area contributed by atoms with Gasteiger partial charge in [0, 0.05) is 5.02 Å². The molecule has 7 heteroatoms. The summed E-state index contributed by atoms with van der Waals surface area (Å²) >= 11 is 14.0. The van der Waals surface area contributed by atoms with Gasteiger partial charge in [-0.2, -0.15) is 0 Å². The fourth-order valence-corrected chi connectivity index (χ4v) is 4.43. The lowest BCUT2D eigenvalue weighted by Crippen LogP contribution is -1.96. The van der Waals surface area contributed by atoms with Gasteiger partial charge in [0.15, 0.2) is 0 Å². The average Bonchev–Trinajstić information content (AvgIpc) is 3.05. The van der Waals surface area contributed by atoms with Crippen molar-refractivity contribution < 1.29 is 0 Å². The molecular formula is C19H16Cl2N4S. The van der Waals surface area contributed by atoms with Gasteiger partial charge in [-0.25, -0.2) is 15.0 Å².